The molecule has 0 unspecified atom stereocenters. The van der Waals surface area contributed by atoms with Gasteiger partial charge < -0.3 is 15.3 Å². The first-order valence-corrected chi connectivity index (χ1v) is 10.6. The number of carboxylic acids is 3. The zero-order chi connectivity index (χ0) is 22.4. The van der Waals surface area contributed by atoms with Crippen molar-refractivity contribution in [3.8, 4) is 0 Å². The Labute approximate surface area is 181 Å². The Morgan fingerprint density at radius 2 is 1.35 bits per heavy atom. The maximum Gasteiger partial charge on any atom is 0.317 e. The van der Waals surface area contributed by atoms with Crippen molar-refractivity contribution in [2.75, 3.05) is 32.7 Å². The number of carboxylic acid groups (broad SMARTS) is 3. The average Bonchev–Trinajstić information content (AvgIpc) is 2.69. The van der Waals surface area contributed by atoms with E-state index in [4.69, 9.17) is 0 Å². The molecule has 2 atom stereocenters. The summed E-state index contributed by atoms with van der Waals surface area (Å²) in [5.74, 6) is -2.82. The van der Waals surface area contributed by atoms with Gasteiger partial charge in [0.15, 0.2) is 0 Å². The van der Waals surface area contributed by atoms with Crippen LogP contribution in [-0.4, -0.2) is 97.7 Å². The van der Waals surface area contributed by atoms with Crippen LogP contribution in [0.15, 0.2) is 18.2 Å². The summed E-state index contributed by atoms with van der Waals surface area (Å²) in [7, 11) is 0. The summed E-state index contributed by atoms with van der Waals surface area (Å²) in [5.41, 5.74) is 1.43. The Kier molecular flexibility index (Phi) is 7.94. The average molecular weight is 434 g/mol. The van der Waals surface area contributed by atoms with E-state index in [1.807, 2.05) is 28.0 Å². The minimum Gasteiger partial charge on any atom is -0.480 e. The highest BCUT2D eigenvalue weighted by Gasteiger charge is 2.36. The summed E-state index contributed by atoms with van der Waals surface area (Å²) >= 11 is 0. The van der Waals surface area contributed by atoms with Gasteiger partial charge >= 0.3 is 17.9 Å². The van der Waals surface area contributed by atoms with Gasteiger partial charge in [-0.1, -0.05) is 18.9 Å². The van der Waals surface area contributed by atoms with Crippen LogP contribution in [0.4, 0.5) is 0 Å². The minimum atomic E-state index is -0.948. The fourth-order valence-electron chi connectivity index (χ4n) is 4.76. The van der Waals surface area contributed by atoms with Gasteiger partial charge in [0.2, 0.25) is 0 Å². The van der Waals surface area contributed by atoms with Crippen LogP contribution in [0.2, 0.25) is 0 Å². The zero-order valence-electron chi connectivity index (χ0n) is 17.5. The molecule has 1 saturated carbocycles. The molecule has 1 aromatic heterocycles. The van der Waals surface area contributed by atoms with Crippen molar-refractivity contribution in [3.05, 3.63) is 29.6 Å². The lowest BCUT2D eigenvalue weighted by Crippen LogP contribution is -2.56. The van der Waals surface area contributed by atoms with Gasteiger partial charge in [0, 0.05) is 38.3 Å². The standard InChI is InChI=1S/C21H30N4O6/c26-19(27)12-23-8-9-24(13-20(28)29)17-6-1-2-7-18(17)25(14-21(30)31)11-16-5-3-4-15(10-23)22-16/h3-5,17-18H,1-2,6-14H2,(H,26,27)(H,28,29)(H,30,31)/t17-,18-/m0/s1. The third kappa shape index (κ3) is 6.71. The molecule has 1 fully saturated rings. The van der Waals surface area contributed by atoms with Crippen molar-refractivity contribution in [2.45, 2.75) is 50.9 Å². The molecule has 0 saturated heterocycles. The van der Waals surface area contributed by atoms with E-state index in [0.717, 1.165) is 31.4 Å². The highest BCUT2D eigenvalue weighted by atomic mass is 16.4. The lowest BCUT2D eigenvalue weighted by atomic mass is 9.87. The predicted octanol–water partition coefficient (Wildman–Crippen LogP) is 0.566. The summed E-state index contributed by atoms with van der Waals surface area (Å²) in [5, 5.41) is 28.3. The largest absolute Gasteiger partial charge is 0.480 e. The van der Waals surface area contributed by atoms with Crippen LogP contribution < -0.4 is 0 Å². The van der Waals surface area contributed by atoms with Gasteiger partial charge in [-0.25, -0.2) is 0 Å². The Balaban J connectivity index is 1.98. The molecule has 1 aromatic rings. The monoisotopic (exact) mass is 434 g/mol. The van der Waals surface area contributed by atoms with Crippen molar-refractivity contribution in [3.63, 3.8) is 0 Å². The van der Waals surface area contributed by atoms with E-state index in [-0.39, 0.29) is 31.7 Å². The smallest absolute Gasteiger partial charge is 0.317 e. The first kappa shape index (κ1) is 23.1. The van der Waals surface area contributed by atoms with E-state index in [2.05, 4.69) is 4.98 Å². The summed E-state index contributed by atoms with van der Waals surface area (Å²) in [6.45, 7) is 0.988. The number of hydrogen-bond donors (Lipinski definition) is 3. The summed E-state index contributed by atoms with van der Waals surface area (Å²) in [4.78, 5) is 44.8. The molecule has 170 valence electrons. The van der Waals surface area contributed by atoms with Gasteiger partial charge in [-0.15, -0.1) is 0 Å². The lowest BCUT2D eigenvalue weighted by Gasteiger charge is -2.45. The Morgan fingerprint density at radius 1 is 0.806 bits per heavy atom. The van der Waals surface area contributed by atoms with Crippen LogP contribution >= 0.6 is 0 Å². The molecule has 10 heteroatoms. The van der Waals surface area contributed by atoms with Crippen molar-refractivity contribution in [1.29, 1.82) is 0 Å². The Hall–Kier alpha value is -2.56. The summed E-state index contributed by atoms with van der Waals surface area (Å²) in [6.07, 6.45) is 3.47. The van der Waals surface area contributed by atoms with Gasteiger partial charge in [-0.05, 0) is 25.0 Å². The first-order valence-electron chi connectivity index (χ1n) is 10.6. The number of pyridine rings is 1. The van der Waals surface area contributed by atoms with Crippen LogP contribution in [0.5, 0.6) is 0 Å². The molecule has 0 aromatic carbocycles. The Morgan fingerprint density at radius 3 is 1.97 bits per heavy atom. The van der Waals surface area contributed by atoms with E-state index in [9.17, 15) is 29.7 Å². The van der Waals surface area contributed by atoms with E-state index >= 15 is 0 Å². The summed E-state index contributed by atoms with van der Waals surface area (Å²) < 4.78 is 0. The van der Waals surface area contributed by atoms with Crippen LogP contribution in [0.25, 0.3) is 0 Å². The molecule has 2 bridgehead atoms. The first-order chi connectivity index (χ1) is 14.8. The number of aromatic nitrogens is 1. The van der Waals surface area contributed by atoms with Crippen molar-refractivity contribution >= 4 is 17.9 Å². The molecule has 1 aliphatic heterocycles. The lowest BCUT2D eigenvalue weighted by molar-refractivity contribution is -0.143. The normalized spacial score (nSPS) is 23.9. The second-order valence-electron chi connectivity index (χ2n) is 8.31. The maximum atomic E-state index is 11.6. The number of aliphatic carboxylic acids is 3. The molecule has 3 rings (SSSR count). The van der Waals surface area contributed by atoms with Gasteiger partial charge in [0.1, 0.15) is 0 Å². The highest BCUT2D eigenvalue weighted by Crippen LogP contribution is 2.29. The molecule has 2 heterocycles. The van der Waals surface area contributed by atoms with Gasteiger partial charge in [-0.2, -0.15) is 0 Å². The van der Waals surface area contributed by atoms with Crippen molar-refractivity contribution in [2.24, 2.45) is 0 Å². The van der Waals surface area contributed by atoms with Crippen molar-refractivity contribution < 1.29 is 29.7 Å². The van der Waals surface area contributed by atoms with E-state index < -0.39 is 17.9 Å². The predicted molar refractivity (Wildman–Crippen MR) is 110 cm³/mol. The molecule has 10 nitrogen and oxygen atoms in total. The molecule has 2 aliphatic rings. The fraction of sp³-hybridized carbons (Fsp3) is 0.619. The van der Waals surface area contributed by atoms with Gasteiger partial charge in [0.25, 0.3) is 0 Å². The van der Waals surface area contributed by atoms with E-state index in [1.165, 1.54) is 0 Å². The number of rotatable bonds is 6. The van der Waals surface area contributed by atoms with Gasteiger partial charge in [0.05, 0.1) is 31.0 Å². The molecular weight excluding hydrogens is 404 g/mol. The van der Waals surface area contributed by atoms with Crippen LogP contribution in [0, 0.1) is 0 Å². The molecule has 0 radical (unpaired) electrons. The number of carbonyl (C=O) groups is 3. The third-order valence-electron chi connectivity index (χ3n) is 5.99. The molecule has 31 heavy (non-hydrogen) atoms. The fourth-order valence-corrected chi connectivity index (χ4v) is 4.76. The topological polar surface area (TPSA) is 135 Å². The summed E-state index contributed by atoms with van der Waals surface area (Å²) in [6, 6.07) is 5.31. The third-order valence-corrected chi connectivity index (χ3v) is 5.99. The van der Waals surface area contributed by atoms with Crippen molar-refractivity contribution in [1.82, 2.24) is 19.7 Å². The molecular formula is C21H30N4O6. The second kappa shape index (κ2) is 10.7. The minimum absolute atomic E-state index is 0.109. The zero-order valence-corrected chi connectivity index (χ0v) is 17.5. The SMILES string of the molecule is O=C(O)CN1CCN(CC(=O)O)[C@H]2CCCC[C@@H]2N(CC(=O)O)Cc2cccc(n2)C1. The molecule has 3 N–H and O–H groups in total. The van der Waals surface area contributed by atoms with Gasteiger partial charge in [-0.3, -0.25) is 34.1 Å². The van der Waals surface area contributed by atoms with E-state index in [0.29, 0.717) is 31.9 Å². The number of hydrogen-bond acceptors (Lipinski definition) is 7. The van der Waals surface area contributed by atoms with E-state index in [1.54, 1.807) is 4.90 Å². The quantitative estimate of drug-likeness (QED) is 0.583. The Bertz CT molecular complexity index is 804. The highest BCUT2D eigenvalue weighted by molar-refractivity contribution is 5.70. The number of nitrogens with zero attached hydrogens (tertiary/aromatic N) is 4. The molecule has 0 spiro atoms. The second-order valence-corrected chi connectivity index (χ2v) is 8.31. The number of fused-ring (bicyclic) bond motifs is 3. The van der Waals surface area contributed by atoms with Crippen LogP contribution in [0.3, 0.4) is 0 Å². The van der Waals surface area contributed by atoms with Crippen LogP contribution in [0.1, 0.15) is 37.1 Å². The van der Waals surface area contributed by atoms with Crippen LogP contribution in [-0.2, 0) is 27.5 Å². The maximum absolute atomic E-state index is 11.6. The molecule has 1 aliphatic carbocycles. The molecule has 0 amide bonds.